The summed E-state index contributed by atoms with van der Waals surface area (Å²) < 4.78 is 27.7. The van der Waals surface area contributed by atoms with Gasteiger partial charge < -0.3 is 44.0 Å². The molecular formula is C31H31NO10. The number of hydrogen-bond acceptors (Lipinski definition) is 10. The van der Waals surface area contributed by atoms with Crippen molar-refractivity contribution in [2.24, 2.45) is 0 Å². The number of aliphatic hydroxyl groups is 3. The molecule has 0 radical (unpaired) electrons. The summed E-state index contributed by atoms with van der Waals surface area (Å²) in [5.41, 5.74) is 1.57. The molecule has 0 unspecified atom stereocenters. The fraction of sp³-hybridized carbons (Fsp3) is 0.290. The van der Waals surface area contributed by atoms with Gasteiger partial charge in [0, 0.05) is 28.5 Å². The van der Waals surface area contributed by atoms with Crippen molar-refractivity contribution in [1.82, 2.24) is 0 Å². The first kappa shape index (κ1) is 29.1. The lowest BCUT2D eigenvalue weighted by atomic mass is 10.0. The highest BCUT2D eigenvalue weighted by Gasteiger charge is 2.38. The predicted molar refractivity (Wildman–Crippen MR) is 153 cm³/mol. The number of anilines is 1. The molecule has 3 aromatic carbocycles. The number of ether oxygens (including phenoxy) is 4. The summed E-state index contributed by atoms with van der Waals surface area (Å²) in [6.45, 7) is 1.31. The minimum atomic E-state index is -1.34. The van der Waals surface area contributed by atoms with Crippen LogP contribution in [0.25, 0.3) is 22.1 Å². The maximum absolute atomic E-state index is 13.2. The van der Waals surface area contributed by atoms with Crippen molar-refractivity contribution in [3.63, 3.8) is 0 Å². The maximum Gasteiger partial charge on any atom is 0.360 e. The zero-order valence-corrected chi connectivity index (χ0v) is 23.2. The Kier molecular flexibility index (Phi) is 8.46. The first-order valence-electron chi connectivity index (χ1n) is 13.2. The Labute approximate surface area is 240 Å². The van der Waals surface area contributed by atoms with E-state index in [0.29, 0.717) is 33.6 Å². The number of rotatable bonds is 8. The van der Waals surface area contributed by atoms with Crippen LogP contribution in [0.3, 0.4) is 0 Å². The molecule has 1 fully saturated rings. The van der Waals surface area contributed by atoms with Gasteiger partial charge in [0.15, 0.2) is 0 Å². The summed E-state index contributed by atoms with van der Waals surface area (Å²) in [5, 5.41) is 32.9. The summed E-state index contributed by atoms with van der Waals surface area (Å²) >= 11 is 0. The number of nitrogens with one attached hydrogen (secondary N) is 1. The summed E-state index contributed by atoms with van der Waals surface area (Å²) in [4.78, 5) is 26.1. The van der Waals surface area contributed by atoms with Gasteiger partial charge in [-0.05, 0) is 61.0 Å². The summed E-state index contributed by atoms with van der Waals surface area (Å²) in [6, 6.07) is 17.0. The molecule has 0 saturated carbocycles. The number of fused-ring (bicyclic) bond motifs is 1. The molecule has 42 heavy (non-hydrogen) atoms. The molecule has 0 bridgehead atoms. The number of aliphatic hydroxyl groups excluding tert-OH is 3. The highest BCUT2D eigenvalue weighted by molar-refractivity contribution is 6.05. The van der Waals surface area contributed by atoms with E-state index >= 15 is 0 Å². The lowest BCUT2D eigenvalue weighted by Crippen LogP contribution is -2.51. The van der Waals surface area contributed by atoms with Gasteiger partial charge in [-0.3, -0.25) is 4.79 Å². The molecule has 11 heteroatoms. The Balaban J connectivity index is 1.40. The fourth-order valence-electron chi connectivity index (χ4n) is 4.84. The van der Waals surface area contributed by atoms with Crippen molar-refractivity contribution >= 4 is 22.6 Å². The van der Waals surface area contributed by atoms with E-state index in [1.54, 1.807) is 44.4 Å². The standard InChI is InChI=1S/C31H31NO10/c1-16-25(41-31-27(35)24(34)14-21(15-33)40-31)9-7-18-13-23(30(37)42-28(16)18)32-29(36)19-8-10-26(39-3)22(12-19)17-5-4-6-20(11-17)38-2/h4-13,21,24,27,31,33-35H,14-15H2,1-3H3,(H,32,36)/t21-,24+,27+,31-/m0/s1. The second-order valence-electron chi connectivity index (χ2n) is 9.88. The number of aryl methyl sites for hydroxylation is 1. The van der Waals surface area contributed by atoms with Gasteiger partial charge in [0.2, 0.25) is 6.29 Å². The van der Waals surface area contributed by atoms with E-state index in [-0.39, 0.29) is 30.0 Å². The molecule has 1 amide bonds. The van der Waals surface area contributed by atoms with E-state index in [1.165, 1.54) is 13.2 Å². The second kappa shape index (κ2) is 12.2. The average Bonchev–Trinajstić information content (AvgIpc) is 3.01. The summed E-state index contributed by atoms with van der Waals surface area (Å²) in [6.07, 6.45) is -4.34. The molecule has 0 aliphatic carbocycles. The lowest BCUT2D eigenvalue weighted by molar-refractivity contribution is -0.240. The van der Waals surface area contributed by atoms with Gasteiger partial charge in [-0.1, -0.05) is 12.1 Å². The Morgan fingerprint density at radius 2 is 1.81 bits per heavy atom. The van der Waals surface area contributed by atoms with Crippen molar-refractivity contribution in [2.75, 3.05) is 26.1 Å². The average molecular weight is 578 g/mol. The van der Waals surface area contributed by atoms with E-state index in [1.807, 2.05) is 24.3 Å². The zero-order valence-electron chi connectivity index (χ0n) is 23.2. The van der Waals surface area contributed by atoms with Crippen LogP contribution in [-0.4, -0.2) is 66.7 Å². The van der Waals surface area contributed by atoms with E-state index < -0.39 is 36.1 Å². The molecule has 2 heterocycles. The molecular weight excluding hydrogens is 546 g/mol. The largest absolute Gasteiger partial charge is 0.497 e. The van der Waals surface area contributed by atoms with Crippen LogP contribution < -0.4 is 25.2 Å². The monoisotopic (exact) mass is 577 g/mol. The quantitative estimate of drug-likeness (QED) is 0.229. The lowest BCUT2D eigenvalue weighted by Gasteiger charge is -2.36. The first-order valence-corrected chi connectivity index (χ1v) is 13.2. The molecule has 4 aromatic rings. The minimum Gasteiger partial charge on any atom is -0.497 e. The molecule has 0 spiro atoms. The number of methoxy groups -OCH3 is 2. The van der Waals surface area contributed by atoms with Gasteiger partial charge in [0.25, 0.3) is 5.91 Å². The smallest absolute Gasteiger partial charge is 0.360 e. The van der Waals surface area contributed by atoms with Crippen molar-refractivity contribution < 1.29 is 43.5 Å². The van der Waals surface area contributed by atoms with Crippen LogP contribution in [0, 0.1) is 6.92 Å². The maximum atomic E-state index is 13.2. The molecule has 5 rings (SSSR count). The fourth-order valence-corrected chi connectivity index (χ4v) is 4.84. The molecule has 1 aromatic heterocycles. The van der Waals surface area contributed by atoms with Gasteiger partial charge in [-0.15, -0.1) is 0 Å². The third-order valence-corrected chi connectivity index (χ3v) is 7.14. The number of carbonyl (C=O) groups excluding carboxylic acids is 1. The van der Waals surface area contributed by atoms with Crippen molar-refractivity contribution in [3.8, 4) is 28.4 Å². The van der Waals surface area contributed by atoms with Gasteiger partial charge in [0.1, 0.15) is 34.6 Å². The molecule has 220 valence electrons. The third kappa shape index (κ3) is 5.81. The van der Waals surface area contributed by atoms with Gasteiger partial charge >= 0.3 is 5.63 Å². The van der Waals surface area contributed by atoms with E-state index in [0.717, 1.165) is 5.56 Å². The molecule has 1 aliphatic rings. The Hall–Kier alpha value is -4.42. The Morgan fingerprint density at radius 1 is 1.02 bits per heavy atom. The van der Waals surface area contributed by atoms with Gasteiger partial charge in [-0.25, -0.2) is 4.79 Å². The van der Waals surface area contributed by atoms with Crippen molar-refractivity contribution in [1.29, 1.82) is 0 Å². The SMILES string of the molecule is COc1cccc(-c2cc(C(=O)Nc3cc4ccc(O[C@@H]5O[C@H](CO)C[C@@H](O)[C@H]5O)c(C)c4oc3=O)ccc2OC)c1. The van der Waals surface area contributed by atoms with Crippen LogP contribution in [0.1, 0.15) is 22.3 Å². The number of carbonyl (C=O) groups is 1. The highest BCUT2D eigenvalue weighted by Crippen LogP contribution is 2.34. The van der Waals surface area contributed by atoms with E-state index in [4.69, 9.17) is 23.4 Å². The zero-order chi connectivity index (χ0) is 30.0. The van der Waals surface area contributed by atoms with Crippen LogP contribution in [0.4, 0.5) is 5.69 Å². The van der Waals surface area contributed by atoms with E-state index in [9.17, 15) is 24.9 Å². The Morgan fingerprint density at radius 3 is 2.55 bits per heavy atom. The van der Waals surface area contributed by atoms with Crippen LogP contribution in [0.5, 0.6) is 17.2 Å². The molecule has 4 atom stereocenters. The number of hydrogen-bond donors (Lipinski definition) is 4. The molecule has 1 saturated heterocycles. The molecule has 1 aliphatic heterocycles. The topological polar surface area (TPSA) is 157 Å². The van der Waals surface area contributed by atoms with Crippen molar-refractivity contribution in [3.05, 3.63) is 82.2 Å². The van der Waals surface area contributed by atoms with Crippen LogP contribution >= 0.6 is 0 Å². The summed E-state index contributed by atoms with van der Waals surface area (Å²) in [5.74, 6) is 0.939. The van der Waals surface area contributed by atoms with Crippen molar-refractivity contribution in [2.45, 2.75) is 37.9 Å². The van der Waals surface area contributed by atoms with Gasteiger partial charge in [-0.2, -0.15) is 0 Å². The van der Waals surface area contributed by atoms with E-state index in [2.05, 4.69) is 5.32 Å². The normalized spacial score (nSPS) is 20.2. The number of amides is 1. The third-order valence-electron chi connectivity index (χ3n) is 7.14. The molecule has 4 N–H and O–H groups in total. The van der Waals surface area contributed by atoms with Gasteiger partial charge in [0.05, 0.1) is 33.0 Å². The highest BCUT2D eigenvalue weighted by atomic mass is 16.7. The Bertz CT molecular complexity index is 1670. The summed E-state index contributed by atoms with van der Waals surface area (Å²) in [7, 11) is 3.11. The van der Waals surface area contributed by atoms with Crippen LogP contribution in [0.2, 0.25) is 0 Å². The van der Waals surface area contributed by atoms with Crippen LogP contribution in [0.15, 0.2) is 69.9 Å². The minimum absolute atomic E-state index is 0.0562. The first-order chi connectivity index (χ1) is 20.2. The predicted octanol–water partition coefficient (Wildman–Crippen LogP) is 3.25. The van der Waals surface area contributed by atoms with Crippen LogP contribution in [-0.2, 0) is 4.74 Å². The number of benzene rings is 3. The molecule has 11 nitrogen and oxygen atoms in total. The second-order valence-corrected chi connectivity index (χ2v) is 9.88.